The quantitative estimate of drug-likeness (QED) is 0.773. The molecule has 0 bridgehead atoms. The molecule has 0 aliphatic carbocycles. The lowest BCUT2D eigenvalue weighted by molar-refractivity contribution is -0.116. The van der Waals surface area contributed by atoms with Gasteiger partial charge in [0.15, 0.2) is 0 Å². The van der Waals surface area contributed by atoms with Gasteiger partial charge in [0, 0.05) is 12.2 Å². The van der Waals surface area contributed by atoms with Gasteiger partial charge >= 0.3 is 0 Å². The maximum atomic E-state index is 12.6. The van der Waals surface area contributed by atoms with Crippen LogP contribution in [-0.2, 0) is 4.79 Å². The van der Waals surface area contributed by atoms with Gasteiger partial charge in [0.1, 0.15) is 10.9 Å². The van der Waals surface area contributed by atoms with Crippen LogP contribution in [-0.4, -0.2) is 29.8 Å². The number of nitrogens with zero attached hydrogens (tertiary/aromatic N) is 1. The highest BCUT2D eigenvalue weighted by Crippen LogP contribution is 2.32. The number of thiophene rings is 1. The lowest BCUT2D eigenvalue weighted by Gasteiger charge is -2.21. The van der Waals surface area contributed by atoms with Crippen molar-refractivity contribution in [3.8, 4) is 0 Å². The van der Waals surface area contributed by atoms with E-state index in [-0.39, 0.29) is 18.4 Å². The van der Waals surface area contributed by atoms with Gasteiger partial charge in [0.2, 0.25) is 5.91 Å². The van der Waals surface area contributed by atoms with Crippen molar-refractivity contribution in [2.75, 3.05) is 18.4 Å². The largest absolute Gasteiger partial charge is 0.329 e. The summed E-state index contributed by atoms with van der Waals surface area (Å²) in [7, 11) is 0. The smallest absolute Gasteiger partial charge is 0.256 e. The minimum absolute atomic E-state index is 0.0369. The molecule has 7 heteroatoms. The predicted octanol–water partition coefficient (Wildman–Crippen LogP) is 4.85. The third kappa shape index (κ3) is 4.72. The molecular formula is C17H18Cl2N2O2S. The summed E-state index contributed by atoms with van der Waals surface area (Å²) in [6, 6.07) is 9.04. The maximum absolute atomic E-state index is 12.6. The molecule has 128 valence electrons. The fourth-order valence-corrected chi connectivity index (χ4v) is 3.70. The summed E-state index contributed by atoms with van der Waals surface area (Å²) in [5, 5.41) is 2.84. The topological polar surface area (TPSA) is 49.4 Å². The van der Waals surface area contributed by atoms with E-state index in [4.69, 9.17) is 23.2 Å². The number of amides is 2. The highest BCUT2D eigenvalue weighted by Gasteiger charge is 2.22. The van der Waals surface area contributed by atoms with Crippen LogP contribution in [0.25, 0.3) is 0 Å². The zero-order valence-corrected chi connectivity index (χ0v) is 15.8. The molecule has 2 rings (SSSR count). The molecule has 0 unspecified atom stereocenters. The second kappa shape index (κ2) is 8.51. The first-order valence-corrected chi connectivity index (χ1v) is 9.09. The van der Waals surface area contributed by atoms with Gasteiger partial charge in [-0.2, -0.15) is 0 Å². The summed E-state index contributed by atoms with van der Waals surface area (Å²) in [6.07, 6.45) is 0.735. The molecule has 0 spiro atoms. The van der Waals surface area contributed by atoms with Crippen LogP contribution in [0.1, 0.15) is 29.3 Å². The molecule has 4 nitrogen and oxygen atoms in total. The Bertz CT molecular complexity index is 746. The molecule has 0 atom stereocenters. The third-order valence-corrected chi connectivity index (χ3v) is 4.91. The van der Waals surface area contributed by atoms with Crippen molar-refractivity contribution < 1.29 is 9.59 Å². The molecule has 0 saturated carbocycles. The van der Waals surface area contributed by atoms with E-state index in [0.717, 1.165) is 29.0 Å². The second-order valence-electron chi connectivity index (χ2n) is 5.33. The second-order valence-corrected chi connectivity index (χ2v) is 7.61. The van der Waals surface area contributed by atoms with Crippen molar-refractivity contribution >= 4 is 52.0 Å². The molecule has 2 amide bonds. The van der Waals surface area contributed by atoms with Crippen LogP contribution in [0.3, 0.4) is 0 Å². The average molecular weight is 385 g/mol. The van der Waals surface area contributed by atoms with Crippen LogP contribution in [0.4, 0.5) is 5.69 Å². The van der Waals surface area contributed by atoms with Gasteiger partial charge in [-0.3, -0.25) is 9.59 Å². The summed E-state index contributed by atoms with van der Waals surface area (Å²) in [5.74, 6) is -0.534. The third-order valence-electron chi connectivity index (χ3n) is 3.42. The molecule has 1 heterocycles. The number of benzene rings is 1. The molecule has 0 fully saturated rings. The zero-order valence-electron chi connectivity index (χ0n) is 13.4. The lowest BCUT2D eigenvalue weighted by Crippen LogP contribution is -2.38. The number of nitrogens with one attached hydrogen (secondary N) is 1. The van der Waals surface area contributed by atoms with E-state index in [1.165, 1.54) is 4.90 Å². The highest BCUT2D eigenvalue weighted by molar-refractivity contribution is 7.20. The Morgan fingerprint density at radius 1 is 1.25 bits per heavy atom. The number of anilines is 1. The number of para-hydroxylation sites is 1. The maximum Gasteiger partial charge on any atom is 0.256 e. The lowest BCUT2D eigenvalue weighted by atomic mass is 10.2. The Kier molecular flexibility index (Phi) is 6.66. The van der Waals surface area contributed by atoms with Crippen molar-refractivity contribution in [2.24, 2.45) is 0 Å². The zero-order chi connectivity index (χ0) is 17.7. The average Bonchev–Trinajstić information content (AvgIpc) is 2.87. The SMILES string of the molecule is CCCN(CC(=O)Nc1ccccc1C)C(=O)c1cc(Cl)sc1Cl. The summed E-state index contributed by atoms with van der Waals surface area (Å²) in [4.78, 5) is 26.4. The molecule has 1 N–H and O–H groups in total. The standard InChI is InChI=1S/C17H18Cl2N2O2S/c1-3-8-21(17(23)12-9-14(18)24-16(12)19)10-15(22)20-13-7-5-4-6-11(13)2/h4-7,9H,3,8,10H2,1-2H3,(H,20,22). The van der Waals surface area contributed by atoms with Crippen LogP contribution < -0.4 is 5.32 Å². The number of carbonyl (C=O) groups excluding carboxylic acids is 2. The number of halogens is 2. The van der Waals surface area contributed by atoms with Crippen LogP contribution in [0.2, 0.25) is 8.67 Å². The minimum atomic E-state index is -0.287. The summed E-state index contributed by atoms with van der Waals surface area (Å²) in [6.45, 7) is 4.29. The van der Waals surface area contributed by atoms with Gasteiger partial charge in [0.25, 0.3) is 5.91 Å². The molecule has 1 aromatic carbocycles. The summed E-state index contributed by atoms with van der Waals surface area (Å²) >= 11 is 13.1. The van der Waals surface area contributed by atoms with E-state index in [9.17, 15) is 9.59 Å². The predicted molar refractivity (Wildman–Crippen MR) is 100 cm³/mol. The van der Waals surface area contributed by atoms with Crippen molar-refractivity contribution in [2.45, 2.75) is 20.3 Å². The Morgan fingerprint density at radius 3 is 2.54 bits per heavy atom. The van der Waals surface area contributed by atoms with E-state index < -0.39 is 0 Å². The van der Waals surface area contributed by atoms with Crippen LogP contribution in [0.15, 0.2) is 30.3 Å². The van der Waals surface area contributed by atoms with Crippen molar-refractivity contribution in [1.82, 2.24) is 4.90 Å². The van der Waals surface area contributed by atoms with Gasteiger partial charge in [-0.25, -0.2) is 0 Å². The highest BCUT2D eigenvalue weighted by atomic mass is 35.5. The number of hydrogen-bond donors (Lipinski definition) is 1. The van der Waals surface area contributed by atoms with Gasteiger partial charge in [-0.15, -0.1) is 11.3 Å². The molecule has 0 saturated heterocycles. The van der Waals surface area contributed by atoms with E-state index in [2.05, 4.69) is 5.32 Å². The Balaban J connectivity index is 2.10. The van der Waals surface area contributed by atoms with Gasteiger partial charge in [-0.1, -0.05) is 48.3 Å². The summed E-state index contributed by atoms with van der Waals surface area (Å²) < 4.78 is 0.787. The Morgan fingerprint density at radius 2 is 1.96 bits per heavy atom. The molecule has 0 radical (unpaired) electrons. The number of rotatable bonds is 6. The number of aryl methyl sites for hydroxylation is 1. The van der Waals surface area contributed by atoms with Gasteiger partial charge in [0.05, 0.1) is 9.90 Å². The molecule has 2 aromatic rings. The van der Waals surface area contributed by atoms with E-state index in [1.54, 1.807) is 6.07 Å². The first-order valence-electron chi connectivity index (χ1n) is 7.52. The van der Waals surface area contributed by atoms with Crippen molar-refractivity contribution in [1.29, 1.82) is 0 Å². The first-order chi connectivity index (χ1) is 11.4. The van der Waals surface area contributed by atoms with Crippen LogP contribution in [0.5, 0.6) is 0 Å². The number of hydrogen-bond acceptors (Lipinski definition) is 3. The van der Waals surface area contributed by atoms with E-state index in [1.807, 2.05) is 38.1 Å². The Labute approximate surface area is 155 Å². The molecule has 0 aliphatic rings. The van der Waals surface area contributed by atoms with Crippen molar-refractivity contribution in [3.05, 3.63) is 50.1 Å². The first kappa shape index (κ1) is 18.8. The molecular weight excluding hydrogens is 367 g/mol. The molecule has 0 aliphatic heterocycles. The number of carbonyl (C=O) groups is 2. The van der Waals surface area contributed by atoms with E-state index in [0.29, 0.717) is 20.8 Å². The fourth-order valence-electron chi connectivity index (χ4n) is 2.25. The molecule has 24 heavy (non-hydrogen) atoms. The Hall–Kier alpha value is -1.56. The van der Waals surface area contributed by atoms with Gasteiger partial charge in [-0.05, 0) is 31.0 Å². The van der Waals surface area contributed by atoms with Crippen LogP contribution in [0, 0.1) is 6.92 Å². The van der Waals surface area contributed by atoms with Crippen LogP contribution >= 0.6 is 34.5 Å². The van der Waals surface area contributed by atoms with Gasteiger partial charge < -0.3 is 10.2 Å². The fraction of sp³-hybridized carbons (Fsp3) is 0.294. The van der Waals surface area contributed by atoms with E-state index >= 15 is 0 Å². The van der Waals surface area contributed by atoms with Crippen molar-refractivity contribution in [3.63, 3.8) is 0 Å². The molecule has 1 aromatic heterocycles. The monoisotopic (exact) mass is 384 g/mol. The normalized spacial score (nSPS) is 10.5. The minimum Gasteiger partial charge on any atom is -0.329 e. The summed E-state index contributed by atoms with van der Waals surface area (Å²) in [5.41, 5.74) is 2.04.